The van der Waals surface area contributed by atoms with Gasteiger partial charge in [0.1, 0.15) is 22.8 Å². The zero-order chi connectivity index (χ0) is 16.6. The number of nitrogens with zero attached hydrogens (tertiary/aromatic N) is 2. The van der Waals surface area contributed by atoms with Gasteiger partial charge in [-0.25, -0.2) is 4.39 Å². The van der Waals surface area contributed by atoms with Gasteiger partial charge in [-0.2, -0.15) is 0 Å². The highest BCUT2D eigenvalue weighted by Crippen LogP contribution is 2.34. The first-order valence-electron chi connectivity index (χ1n) is 7.72. The maximum Gasteiger partial charge on any atom is 0.259 e. The second-order valence-corrected chi connectivity index (χ2v) is 6.31. The number of carbonyl (C=O) groups excluding carboxylic acids is 1. The van der Waals surface area contributed by atoms with Crippen LogP contribution in [0.25, 0.3) is 11.3 Å². The van der Waals surface area contributed by atoms with Crippen LogP contribution in [0.1, 0.15) is 42.3 Å². The number of carbonyl (C=O) groups is 1. The van der Waals surface area contributed by atoms with E-state index in [1.807, 2.05) is 6.92 Å². The van der Waals surface area contributed by atoms with Gasteiger partial charge in [0, 0.05) is 12.6 Å². The lowest BCUT2D eigenvalue weighted by atomic mass is 10.00. The largest absolute Gasteiger partial charge is 0.360 e. The highest BCUT2D eigenvalue weighted by molar-refractivity contribution is 6.33. The molecule has 2 aromatic rings. The number of rotatable bonds is 2. The maximum absolute atomic E-state index is 14.2. The van der Waals surface area contributed by atoms with E-state index in [0.29, 0.717) is 17.9 Å². The Morgan fingerprint density at radius 2 is 2.22 bits per heavy atom. The minimum Gasteiger partial charge on any atom is -0.360 e. The van der Waals surface area contributed by atoms with E-state index in [-0.39, 0.29) is 28.2 Å². The van der Waals surface area contributed by atoms with E-state index in [1.54, 1.807) is 17.9 Å². The van der Waals surface area contributed by atoms with Gasteiger partial charge < -0.3 is 9.42 Å². The molecule has 1 aromatic carbocycles. The van der Waals surface area contributed by atoms with Gasteiger partial charge >= 0.3 is 0 Å². The number of piperidine rings is 1. The van der Waals surface area contributed by atoms with E-state index in [1.165, 1.54) is 12.1 Å². The van der Waals surface area contributed by atoms with Crippen LogP contribution in [0.2, 0.25) is 5.02 Å². The number of benzene rings is 1. The number of likely N-dealkylation sites (tertiary alicyclic amines) is 1. The summed E-state index contributed by atoms with van der Waals surface area (Å²) in [6.45, 7) is 4.37. The van der Waals surface area contributed by atoms with Crippen LogP contribution in [0.15, 0.2) is 22.7 Å². The summed E-state index contributed by atoms with van der Waals surface area (Å²) < 4.78 is 19.4. The van der Waals surface area contributed by atoms with Gasteiger partial charge in [-0.05, 0) is 45.2 Å². The number of amides is 1. The second kappa shape index (κ2) is 6.32. The second-order valence-electron chi connectivity index (χ2n) is 5.90. The van der Waals surface area contributed by atoms with E-state index < -0.39 is 5.82 Å². The van der Waals surface area contributed by atoms with E-state index in [2.05, 4.69) is 5.16 Å². The van der Waals surface area contributed by atoms with Crippen LogP contribution in [-0.2, 0) is 0 Å². The van der Waals surface area contributed by atoms with Crippen LogP contribution >= 0.6 is 11.6 Å². The summed E-state index contributed by atoms with van der Waals surface area (Å²) in [7, 11) is 0. The van der Waals surface area contributed by atoms with Crippen molar-refractivity contribution in [1.29, 1.82) is 0 Å². The SMILES string of the molecule is Cc1onc(-c2c(F)cccc2Cl)c1C(=O)N1CCCCC1C. The van der Waals surface area contributed by atoms with Gasteiger partial charge in [-0.3, -0.25) is 4.79 Å². The summed E-state index contributed by atoms with van der Waals surface area (Å²) in [5, 5.41) is 4.11. The van der Waals surface area contributed by atoms with Crippen LogP contribution in [0.4, 0.5) is 4.39 Å². The van der Waals surface area contributed by atoms with E-state index >= 15 is 0 Å². The Morgan fingerprint density at radius 3 is 2.91 bits per heavy atom. The molecule has 3 rings (SSSR count). The minimum absolute atomic E-state index is 0.110. The summed E-state index contributed by atoms with van der Waals surface area (Å²) in [5.41, 5.74) is 0.582. The van der Waals surface area contributed by atoms with Crippen molar-refractivity contribution in [2.75, 3.05) is 6.54 Å². The minimum atomic E-state index is -0.522. The Labute approximate surface area is 139 Å². The molecule has 0 aliphatic carbocycles. The standard InChI is InChI=1S/C17H18ClFN2O2/c1-10-6-3-4-9-21(10)17(22)14-11(2)23-20-16(14)15-12(18)7-5-8-13(15)19/h5,7-8,10H,3-4,6,9H2,1-2H3. The predicted octanol–water partition coefficient (Wildman–Crippen LogP) is 4.46. The third-order valence-corrected chi connectivity index (χ3v) is 4.65. The number of aryl methyl sites for hydroxylation is 1. The lowest BCUT2D eigenvalue weighted by molar-refractivity contribution is 0.0634. The Balaban J connectivity index is 2.07. The Morgan fingerprint density at radius 1 is 1.43 bits per heavy atom. The first-order valence-corrected chi connectivity index (χ1v) is 8.10. The molecule has 4 nitrogen and oxygen atoms in total. The first kappa shape index (κ1) is 16.0. The number of hydrogen-bond acceptors (Lipinski definition) is 3. The van der Waals surface area contributed by atoms with Crippen molar-refractivity contribution in [3.05, 3.63) is 40.4 Å². The molecule has 1 saturated heterocycles. The highest BCUT2D eigenvalue weighted by atomic mass is 35.5. The molecule has 1 aliphatic rings. The van der Waals surface area contributed by atoms with Crippen molar-refractivity contribution in [2.24, 2.45) is 0 Å². The quantitative estimate of drug-likeness (QED) is 0.813. The monoisotopic (exact) mass is 336 g/mol. The zero-order valence-electron chi connectivity index (χ0n) is 13.1. The highest BCUT2D eigenvalue weighted by Gasteiger charge is 2.31. The fourth-order valence-electron chi connectivity index (χ4n) is 3.06. The summed E-state index contributed by atoms with van der Waals surface area (Å²) in [5.74, 6) is -0.320. The molecule has 0 bridgehead atoms. The maximum atomic E-state index is 14.2. The van der Waals surface area contributed by atoms with Crippen LogP contribution < -0.4 is 0 Å². The normalized spacial score (nSPS) is 18.3. The topological polar surface area (TPSA) is 46.3 Å². The fraction of sp³-hybridized carbons (Fsp3) is 0.412. The molecule has 2 heterocycles. The van der Waals surface area contributed by atoms with Crippen LogP contribution in [-0.4, -0.2) is 28.6 Å². The third kappa shape index (κ3) is 2.85. The van der Waals surface area contributed by atoms with Gasteiger partial charge in [-0.15, -0.1) is 0 Å². The molecule has 0 spiro atoms. The number of halogens is 2. The van der Waals surface area contributed by atoms with Crippen LogP contribution in [0.3, 0.4) is 0 Å². The molecule has 0 radical (unpaired) electrons. The van der Waals surface area contributed by atoms with Gasteiger partial charge in [0.05, 0.1) is 10.6 Å². The summed E-state index contributed by atoms with van der Waals surface area (Å²) in [4.78, 5) is 14.8. The van der Waals surface area contributed by atoms with Crippen molar-refractivity contribution >= 4 is 17.5 Å². The van der Waals surface area contributed by atoms with Crippen molar-refractivity contribution in [2.45, 2.75) is 39.2 Å². The molecule has 1 amide bonds. The molecular formula is C17H18ClFN2O2. The van der Waals surface area contributed by atoms with E-state index in [0.717, 1.165) is 19.3 Å². The van der Waals surface area contributed by atoms with E-state index in [4.69, 9.17) is 16.1 Å². The van der Waals surface area contributed by atoms with Crippen molar-refractivity contribution < 1.29 is 13.7 Å². The Kier molecular flexibility index (Phi) is 4.39. The lowest BCUT2D eigenvalue weighted by Crippen LogP contribution is -2.42. The molecular weight excluding hydrogens is 319 g/mol. The summed E-state index contributed by atoms with van der Waals surface area (Å²) >= 11 is 6.12. The molecule has 1 aliphatic heterocycles. The molecule has 1 aromatic heterocycles. The van der Waals surface area contributed by atoms with Crippen molar-refractivity contribution in [1.82, 2.24) is 10.1 Å². The van der Waals surface area contributed by atoms with Crippen LogP contribution in [0.5, 0.6) is 0 Å². The van der Waals surface area contributed by atoms with Gasteiger partial charge in [0.2, 0.25) is 0 Å². The average molecular weight is 337 g/mol. The van der Waals surface area contributed by atoms with Gasteiger partial charge in [-0.1, -0.05) is 22.8 Å². The predicted molar refractivity (Wildman–Crippen MR) is 86.0 cm³/mol. The van der Waals surface area contributed by atoms with Gasteiger partial charge in [0.25, 0.3) is 5.91 Å². The lowest BCUT2D eigenvalue weighted by Gasteiger charge is -2.33. The van der Waals surface area contributed by atoms with Crippen LogP contribution in [0, 0.1) is 12.7 Å². The molecule has 6 heteroatoms. The number of aromatic nitrogens is 1. The average Bonchev–Trinajstić information content (AvgIpc) is 2.88. The smallest absolute Gasteiger partial charge is 0.259 e. The Hall–Kier alpha value is -1.88. The molecule has 1 fully saturated rings. The van der Waals surface area contributed by atoms with Crippen molar-refractivity contribution in [3.63, 3.8) is 0 Å². The first-order chi connectivity index (χ1) is 11.0. The van der Waals surface area contributed by atoms with Gasteiger partial charge in [0.15, 0.2) is 0 Å². The fourth-order valence-corrected chi connectivity index (χ4v) is 3.31. The summed E-state index contributed by atoms with van der Waals surface area (Å²) in [6.07, 6.45) is 3.04. The molecule has 23 heavy (non-hydrogen) atoms. The molecule has 122 valence electrons. The summed E-state index contributed by atoms with van der Waals surface area (Å²) in [6, 6.07) is 4.53. The molecule has 0 saturated carbocycles. The Bertz CT molecular complexity index is 724. The van der Waals surface area contributed by atoms with Crippen molar-refractivity contribution in [3.8, 4) is 11.3 Å². The molecule has 0 N–H and O–H groups in total. The zero-order valence-corrected chi connectivity index (χ0v) is 13.9. The molecule has 1 atom stereocenters. The molecule has 1 unspecified atom stereocenters. The third-order valence-electron chi connectivity index (χ3n) is 4.34. The van der Waals surface area contributed by atoms with E-state index in [9.17, 15) is 9.18 Å². The number of hydrogen-bond donors (Lipinski definition) is 0.